The normalized spacial score (nSPS) is 15.2. The number of imide groups is 2. The first-order chi connectivity index (χ1) is 18.8. The second-order valence-electron chi connectivity index (χ2n) is 8.15. The summed E-state index contributed by atoms with van der Waals surface area (Å²) in [6.07, 6.45) is -1.12. The van der Waals surface area contributed by atoms with Gasteiger partial charge in [0.1, 0.15) is 22.5 Å². The van der Waals surface area contributed by atoms with Crippen molar-refractivity contribution in [2.24, 2.45) is 0 Å². The number of amides is 4. The van der Waals surface area contributed by atoms with Gasteiger partial charge in [-0.15, -0.1) is 0 Å². The van der Waals surface area contributed by atoms with Crippen LogP contribution in [0.25, 0.3) is 0 Å². The van der Waals surface area contributed by atoms with Gasteiger partial charge in [-0.3, -0.25) is 39.4 Å². The van der Waals surface area contributed by atoms with Crippen molar-refractivity contribution in [2.45, 2.75) is 35.5 Å². The van der Waals surface area contributed by atoms with E-state index in [-0.39, 0.29) is 35.5 Å². The number of hydrogen-bond acceptors (Lipinski definition) is 12. The highest BCUT2D eigenvalue weighted by atomic mass is 33.1. The zero-order valence-corrected chi connectivity index (χ0v) is 21.4. The summed E-state index contributed by atoms with van der Waals surface area (Å²) in [7, 11) is 1.21. The Bertz CT molecular complexity index is 1430. The average Bonchev–Trinajstić information content (AvgIpc) is 3.40. The Kier molecular flexibility index (Phi) is 7.56. The number of rotatable bonds is 9. The number of benzene rings is 2. The van der Waals surface area contributed by atoms with Crippen LogP contribution in [0.5, 0.6) is 0 Å². The molecule has 0 spiro atoms. The third kappa shape index (κ3) is 4.84. The minimum Gasteiger partial charge on any atom is -0.477 e. The SMILES string of the molecule is O=C(O)c1ccc(SSc2ccc(C(=O)O)c([N+](=O)[O-])c2N2C(=O)CCC2=O)c(N2C(=O)CCC2=O)c1[N+](=O)[O-]. The number of nitro benzene ring substituents is 2. The number of anilines is 2. The second-order valence-corrected chi connectivity index (χ2v) is 10.4. The van der Waals surface area contributed by atoms with Gasteiger partial charge in [0.2, 0.25) is 23.6 Å². The van der Waals surface area contributed by atoms with E-state index in [0.29, 0.717) is 31.4 Å². The molecule has 0 atom stereocenters. The van der Waals surface area contributed by atoms with E-state index in [1.165, 1.54) is 0 Å². The molecule has 2 aromatic rings. The lowest BCUT2D eigenvalue weighted by Gasteiger charge is -2.20. The van der Waals surface area contributed by atoms with Gasteiger partial charge in [-0.2, -0.15) is 0 Å². The molecular weight excluding hydrogens is 576 g/mol. The fourth-order valence-electron chi connectivity index (χ4n) is 4.15. The van der Waals surface area contributed by atoms with Gasteiger partial charge in [-0.25, -0.2) is 19.4 Å². The van der Waals surface area contributed by atoms with E-state index in [4.69, 9.17) is 0 Å². The maximum absolute atomic E-state index is 12.5. The largest absolute Gasteiger partial charge is 0.477 e. The maximum Gasteiger partial charge on any atom is 0.342 e. The van der Waals surface area contributed by atoms with Gasteiger partial charge in [0.25, 0.3) is 0 Å². The lowest BCUT2D eigenvalue weighted by molar-refractivity contribution is -0.384. The predicted molar refractivity (Wildman–Crippen MR) is 135 cm³/mol. The van der Waals surface area contributed by atoms with E-state index < -0.39 is 79.3 Å². The molecule has 18 heteroatoms. The van der Waals surface area contributed by atoms with Crippen molar-refractivity contribution < 1.29 is 48.8 Å². The van der Waals surface area contributed by atoms with Gasteiger partial charge < -0.3 is 10.2 Å². The van der Waals surface area contributed by atoms with Gasteiger partial charge in [-0.1, -0.05) is 0 Å². The molecule has 4 rings (SSSR count). The smallest absolute Gasteiger partial charge is 0.342 e. The number of aromatic carboxylic acids is 2. The molecule has 0 radical (unpaired) electrons. The zero-order chi connectivity index (χ0) is 29.5. The third-order valence-electron chi connectivity index (χ3n) is 5.83. The minimum absolute atomic E-state index is 0.166. The van der Waals surface area contributed by atoms with E-state index >= 15 is 0 Å². The fourth-order valence-corrected chi connectivity index (χ4v) is 6.45. The standard InChI is InChI=1S/C22H14N4O12S2/c27-13-5-6-14(28)23(13)19-11(3-1-9(21(31)32)17(19)25(35)36)39-40-12-4-2-10(22(33)34)18(26(37)38)20(12)24-15(29)7-8-16(24)30/h1-4H,5-8H2,(H,31,32)(H,33,34). The molecule has 0 aliphatic carbocycles. The molecule has 2 fully saturated rings. The van der Waals surface area contributed by atoms with Gasteiger partial charge in [0.05, 0.1) is 19.6 Å². The van der Waals surface area contributed by atoms with E-state index in [1.807, 2.05) is 0 Å². The first-order valence-electron chi connectivity index (χ1n) is 11.0. The van der Waals surface area contributed by atoms with Crippen LogP contribution in [0.1, 0.15) is 46.4 Å². The van der Waals surface area contributed by atoms with Crippen molar-refractivity contribution >= 4 is 79.9 Å². The van der Waals surface area contributed by atoms with Crippen LogP contribution in [0.4, 0.5) is 22.7 Å². The van der Waals surface area contributed by atoms with Crippen LogP contribution in [-0.4, -0.2) is 55.6 Å². The zero-order valence-electron chi connectivity index (χ0n) is 19.7. The van der Waals surface area contributed by atoms with Crippen molar-refractivity contribution in [3.63, 3.8) is 0 Å². The minimum atomic E-state index is -1.70. The van der Waals surface area contributed by atoms with Gasteiger partial charge >= 0.3 is 23.3 Å². The summed E-state index contributed by atoms with van der Waals surface area (Å²) in [5.74, 6) is -6.69. The molecule has 0 aromatic heterocycles. The molecule has 206 valence electrons. The molecule has 2 saturated heterocycles. The van der Waals surface area contributed by atoms with Crippen molar-refractivity contribution in [1.29, 1.82) is 0 Å². The molecule has 2 aliphatic heterocycles. The Morgan fingerprint density at radius 1 is 0.650 bits per heavy atom. The van der Waals surface area contributed by atoms with Crippen molar-refractivity contribution in [1.82, 2.24) is 0 Å². The number of carboxylic acids is 2. The highest BCUT2D eigenvalue weighted by Crippen LogP contribution is 2.52. The summed E-state index contributed by atoms with van der Waals surface area (Å²) < 4.78 is 0. The number of carboxylic acid groups (broad SMARTS) is 2. The molecular formula is C22H14N4O12S2. The summed E-state index contributed by atoms with van der Waals surface area (Å²) in [5, 5.41) is 42.8. The van der Waals surface area contributed by atoms with Crippen LogP contribution < -0.4 is 9.80 Å². The molecule has 40 heavy (non-hydrogen) atoms. The molecule has 2 aromatic carbocycles. The van der Waals surface area contributed by atoms with Gasteiger partial charge in [0.15, 0.2) is 0 Å². The van der Waals surface area contributed by atoms with Crippen molar-refractivity contribution in [3.05, 3.63) is 55.6 Å². The van der Waals surface area contributed by atoms with Crippen molar-refractivity contribution in [2.75, 3.05) is 9.80 Å². The van der Waals surface area contributed by atoms with Crippen LogP contribution in [0, 0.1) is 20.2 Å². The molecule has 2 N–H and O–H groups in total. The Labute approximate surface area is 229 Å². The van der Waals surface area contributed by atoms with Crippen LogP contribution in [0.2, 0.25) is 0 Å². The van der Waals surface area contributed by atoms with Crippen LogP contribution >= 0.6 is 21.6 Å². The molecule has 2 aliphatic rings. The van der Waals surface area contributed by atoms with Crippen LogP contribution in [-0.2, 0) is 19.2 Å². The third-order valence-corrected chi connectivity index (χ3v) is 8.25. The number of nitro groups is 2. The molecule has 0 unspecified atom stereocenters. The number of carbonyl (C=O) groups is 6. The highest BCUT2D eigenvalue weighted by molar-refractivity contribution is 8.76. The van der Waals surface area contributed by atoms with E-state index in [9.17, 15) is 59.2 Å². The van der Waals surface area contributed by atoms with Crippen molar-refractivity contribution in [3.8, 4) is 0 Å². The highest BCUT2D eigenvalue weighted by Gasteiger charge is 2.42. The summed E-state index contributed by atoms with van der Waals surface area (Å²) in [6.45, 7) is 0. The Morgan fingerprint density at radius 3 is 1.20 bits per heavy atom. The summed E-state index contributed by atoms with van der Waals surface area (Å²) in [5.41, 5.74) is -4.95. The van der Waals surface area contributed by atoms with Gasteiger partial charge in [-0.05, 0) is 45.9 Å². The maximum atomic E-state index is 12.5. The molecule has 0 bridgehead atoms. The molecule has 0 saturated carbocycles. The Morgan fingerprint density at radius 2 is 0.950 bits per heavy atom. The van der Waals surface area contributed by atoms with Gasteiger partial charge in [0, 0.05) is 25.7 Å². The fraction of sp³-hybridized carbons (Fsp3) is 0.182. The topological polar surface area (TPSA) is 236 Å². The lowest BCUT2D eigenvalue weighted by atomic mass is 10.1. The molecule has 4 amide bonds. The number of carbonyl (C=O) groups excluding carboxylic acids is 4. The average molecular weight is 591 g/mol. The predicted octanol–water partition coefficient (Wildman–Crippen LogP) is 3.01. The molecule has 16 nitrogen and oxygen atoms in total. The summed E-state index contributed by atoms with van der Waals surface area (Å²) in [4.78, 5) is 95.8. The number of nitrogens with zero attached hydrogens (tertiary/aromatic N) is 4. The van der Waals surface area contributed by atoms with E-state index in [2.05, 4.69) is 0 Å². The first-order valence-corrected chi connectivity index (χ1v) is 13.2. The number of hydrogen-bond donors (Lipinski definition) is 2. The summed E-state index contributed by atoms with van der Waals surface area (Å²) >= 11 is 0. The second kappa shape index (κ2) is 10.7. The Hall–Kier alpha value is -4.84. The van der Waals surface area contributed by atoms with E-state index in [0.717, 1.165) is 24.3 Å². The monoisotopic (exact) mass is 590 g/mol. The Balaban J connectivity index is 1.90. The van der Waals surface area contributed by atoms with E-state index in [1.54, 1.807) is 0 Å². The summed E-state index contributed by atoms with van der Waals surface area (Å²) in [6, 6.07) is 3.94. The molecule has 2 heterocycles. The van der Waals surface area contributed by atoms with Crippen LogP contribution in [0.15, 0.2) is 34.1 Å². The van der Waals surface area contributed by atoms with Crippen LogP contribution in [0.3, 0.4) is 0 Å². The quantitative estimate of drug-likeness (QED) is 0.185. The first kappa shape index (κ1) is 28.2. The lowest BCUT2D eigenvalue weighted by Crippen LogP contribution is -2.30.